The summed E-state index contributed by atoms with van der Waals surface area (Å²) in [6.45, 7) is 6.29. The fourth-order valence-electron chi connectivity index (χ4n) is 5.57. The predicted octanol–water partition coefficient (Wildman–Crippen LogP) is 11.2. The Morgan fingerprint density at radius 1 is 0.633 bits per heavy atom. The van der Waals surface area contributed by atoms with Gasteiger partial charge in [0.25, 0.3) is 0 Å². The fourth-order valence-corrected chi connectivity index (χ4v) is 5.57. The van der Waals surface area contributed by atoms with E-state index in [0.29, 0.717) is 25.0 Å². The van der Waals surface area contributed by atoms with E-state index in [4.69, 9.17) is 14.2 Å². The lowest BCUT2D eigenvalue weighted by molar-refractivity contribution is -0.161. The lowest BCUT2D eigenvalue weighted by Gasteiger charge is -2.15. The van der Waals surface area contributed by atoms with E-state index in [1.807, 2.05) is 12.2 Å². The molecule has 6 nitrogen and oxygen atoms in total. The predicted molar refractivity (Wildman–Crippen MR) is 204 cm³/mol. The van der Waals surface area contributed by atoms with Gasteiger partial charge in [-0.2, -0.15) is 0 Å². The number of aliphatic hydroxyl groups is 1. The van der Waals surface area contributed by atoms with Crippen LogP contribution in [0.5, 0.6) is 0 Å². The average molecular weight is 685 g/mol. The van der Waals surface area contributed by atoms with Crippen molar-refractivity contribution in [3.63, 3.8) is 0 Å². The van der Waals surface area contributed by atoms with Crippen LogP contribution in [-0.4, -0.2) is 48.6 Å². The van der Waals surface area contributed by atoms with Crippen LogP contribution in [0.25, 0.3) is 0 Å². The van der Waals surface area contributed by atoms with Gasteiger partial charge in [-0.3, -0.25) is 9.59 Å². The van der Waals surface area contributed by atoms with Crippen molar-refractivity contribution in [3.8, 4) is 0 Å². The molecule has 0 bridgehead atoms. The zero-order valence-electron chi connectivity index (χ0n) is 31.5. The van der Waals surface area contributed by atoms with Crippen LogP contribution in [0.4, 0.5) is 0 Å². The molecule has 0 aromatic rings. The number of carbonyl (C=O) groups is 2. The third-order valence-electron chi connectivity index (χ3n) is 8.67. The van der Waals surface area contributed by atoms with E-state index in [1.54, 1.807) is 0 Å². The Hall–Kier alpha value is -2.44. The number of allylic oxidation sites excluding steroid dienone is 8. The maximum atomic E-state index is 12.1. The van der Waals surface area contributed by atoms with Crippen molar-refractivity contribution in [1.29, 1.82) is 0 Å². The molecule has 0 amide bonds. The first-order chi connectivity index (χ1) is 24.0. The van der Waals surface area contributed by atoms with Crippen molar-refractivity contribution in [1.82, 2.24) is 0 Å². The molecule has 2 unspecified atom stereocenters. The fraction of sp³-hybridized carbons (Fsp3) is 0.721. The van der Waals surface area contributed by atoms with E-state index in [-0.39, 0.29) is 25.6 Å². The molecule has 3 atom stereocenters. The smallest absolute Gasteiger partial charge is 0.306 e. The molecule has 0 aromatic heterocycles. The van der Waals surface area contributed by atoms with Crippen LogP contribution in [0, 0.1) is 5.92 Å². The standard InChI is InChI=1S/C43H72O6/c1-4-5-26-32-40-41(49-40)33-28-23-19-15-11-7-9-13-17-21-25-30-35-43(46)48-39(36-44)37-47-42(45)34-29-24-20-16-12-8-6-10-14-18-22-27-31-38(2)3/h5,9,11,13,15,21,23,25-26,28,38-41,44H,4,6-8,10,12,14,16-20,22,24,27,29-37H2,1-3H3/b13-9-,15-11-,25-21-,26-5-,28-23-/t39-,40?,41?/m0/s1. The van der Waals surface area contributed by atoms with Crippen molar-refractivity contribution < 1.29 is 28.9 Å². The normalized spacial score (nSPS) is 17.1. The lowest BCUT2D eigenvalue weighted by Crippen LogP contribution is -2.28. The molecule has 0 spiro atoms. The van der Waals surface area contributed by atoms with E-state index in [0.717, 1.165) is 63.7 Å². The van der Waals surface area contributed by atoms with E-state index < -0.39 is 12.1 Å². The summed E-state index contributed by atoms with van der Waals surface area (Å²) in [6, 6.07) is 0. The summed E-state index contributed by atoms with van der Waals surface area (Å²) in [4.78, 5) is 24.2. The minimum absolute atomic E-state index is 0.1000. The number of carbonyl (C=O) groups excluding carboxylic acids is 2. The molecule has 0 aromatic carbocycles. The Labute approximate surface area is 300 Å². The number of rotatable bonds is 33. The Kier molecular flexibility index (Phi) is 29.8. The molecule has 1 aliphatic rings. The molecule has 6 heteroatoms. The van der Waals surface area contributed by atoms with Gasteiger partial charge < -0.3 is 19.3 Å². The molecule has 0 radical (unpaired) electrons. The highest BCUT2D eigenvalue weighted by molar-refractivity contribution is 5.70. The first kappa shape index (κ1) is 44.6. The van der Waals surface area contributed by atoms with Crippen LogP contribution in [-0.2, 0) is 23.8 Å². The van der Waals surface area contributed by atoms with E-state index >= 15 is 0 Å². The van der Waals surface area contributed by atoms with Gasteiger partial charge in [0, 0.05) is 12.8 Å². The summed E-state index contributed by atoms with van der Waals surface area (Å²) in [5.74, 6) is 0.140. The zero-order valence-corrected chi connectivity index (χ0v) is 31.5. The number of hydrogen-bond donors (Lipinski definition) is 1. The summed E-state index contributed by atoms with van der Waals surface area (Å²) in [7, 11) is 0. The van der Waals surface area contributed by atoms with Crippen LogP contribution in [0.1, 0.15) is 162 Å². The van der Waals surface area contributed by atoms with Gasteiger partial charge in [-0.15, -0.1) is 0 Å². The molecule has 0 saturated carbocycles. The van der Waals surface area contributed by atoms with Crippen LogP contribution >= 0.6 is 0 Å². The SMILES string of the molecule is CC/C=C\CC1OC1C/C=C\C/C=C\C/C=C\C/C=C\CCC(=O)O[C@@H](CO)COC(=O)CCCCCCCCCCCCCCC(C)C. The average Bonchev–Trinajstić information content (AvgIpc) is 3.84. The van der Waals surface area contributed by atoms with Crippen LogP contribution in [0.2, 0.25) is 0 Å². The topological polar surface area (TPSA) is 85.4 Å². The molecule has 1 heterocycles. The lowest BCUT2D eigenvalue weighted by atomic mass is 10.0. The first-order valence-electron chi connectivity index (χ1n) is 19.8. The van der Waals surface area contributed by atoms with Gasteiger partial charge in [0.1, 0.15) is 6.61 Å². The number of unbranched alkanes of at least 4 members (excludes halogenated alkanes) is 11. The quantitative estimate of drug-likeness (QED) is 0.0320. The van der Waals surface area contributed by atoms with Crippen LogP contribution < -0.4 is 0 Å². The molecular weight excluding hydrogens is 612 g/mol. The van der Waals surface area contributed by atoms with Crippen molar-refractivity contribution in [2.24, 2.45) is 5.92 Å². The largest absolute Gasteiger partial charge is 0.462 e. The summed E-state index contributed by atoms with van der Waals surface area (Å²) in [5.41, 5.74) is 0. The molecular formula is C43H72O6. The van der Waals surface area contributed by atoms with Gasteiger partial charge in [-0.25, -0.2) is 0 Å². The Morgan fingerprint density at radius 3 is 1.65 bits per heavy atom. The molecule has 1 saturated heterocycles. The third kappa shape index (κ3) is 30.1. The Morgan fingerprint density at radius 2 is 1.12 bits per heavy atom. The van der Waals surface area contributed by atoms with Gasteiger partial charge in [0.2, 0.25) is 0 Å². The molecule has 49 heavy (non-hydrogen) atoms. The van der Waals surface area contributed by atoms with Crippen molar-refractivity contribution in [2.75, 3.05) is 13.2 Å². The molecule has 1 aliphatic heterocycles. The number of epoxide rings is 1. The van der Waals surface area contributed by atoms with E-state index in [9.17, 15) is 14.7 Å². The second-order valence-electron chi connectivity index (χ2n) is 13.8. The highest BCUT2D eigenvalue weighted by atomic mass is 16.6. The van der Waals surface area contributed by atoms with Crippen molar-refractivity contribution in [2.45, 2.75) is 180 Å². The minimum Gasteiger partial charge on any atom is -0.462 e. The molecule has 0 aliphatic carbocycles. The maximum Gasteiger partial charge on any atom is 0.306 e. The highest BCUT2D eigenvalue weighted by Gasteiger charge is 2.35. The summed E-state index contributed by atoms with van der Waals surface area (Å²) in [6.07, 6.45) is 44.7. The Bertz CT molecular complexity index is 946. The summed E-state index contributed by atoms with van der Waals surface area (Å²) >= 11 is 0. The second kappa shape index (κ2) is 32.7. The third-order valence-corrected chi connectivity index (χ3v) is 8.67. The number of ether oxygens (including phenoxy) is 3. The van der Waals surface area contributed by atoms with Crippen molar-refractivity contribution >= 4 is 11.9 Å². The summed E-state index contributed by atoms with van der Waals surface area (Å²) in [5, 5.41) is 9.55. The van der Waals surface area contributed by atoms with Gasteiger partial charge in [-0.1, -0.05) is 159 Å². The van der Waals surface area contributed by atoms with Crippen molar-refractivity contribution in [3.05, 3.63) is 60.8 Å². The molecule has 1 rings (SSSR count). The van der Waals surface area contributed by atoms with Crippen LogP contribution in [0.3, 0.4) is 0 Å². The number of aliphatic hydroxyl groups excluding tert-OH is 1. The van der Waals surface area contributed by atoms with Crippen LogP contribution in [0.15, 0.2) is 60.8 Å². The van der Waals surface area contributed by atoms with Gasteiger partial charge >= 0.3 is 11.9 Å². The molecule has 280 valence electrons. The van der Waals surface area contributed by atoms with E-state index in [2.05, 4.69) is 69.4 Å². The zero-order chi connectivity index (χ0) is 35.6. The minimum atomic E-state index is -0.815. The monoisotopic (exact) mass is 685 g/mol. The highest BCUT2D eigenvalue weighted by Crippen LogP contribution is 2.29. The van der Waals surface area contributed by atoms with Gasteiger partial charge in [0.05, 0.1) is 18.8 Å². The molecule has 1 fully saturated rings. The number of esters is 2. The van der Waals surface area contributed by atoms with E-state index in [1.165, 1.54) is 64.2 Å². The van der Waals surface area contributed by atoms with Gasteiger partial charge in [0.15, 0.2) is 6.10 Å². The number of hydrogen-bond acceptors (Lipinski definition) is 6. The molecule has 1 N–H and O–H groups in total. The maximum absolute atomic E-state index is 12.1. The summed E-state index contributed by atoms with van der Waals surface area (Å²) < 4.78 is 16.2. The Balaban J connectivity index is 1.94. The second-order valence-corrected chi connectivity index (χ2v) is 13.8. The van der Waals surface area contributed by atoms with Gasteiger partial charge in [-0.05, 0) is 57.3 Å². The first-order valence-corrected chi connectivity index (χ1v) is 19.8.